The summed E-state index contributed by atoms with van der Waals surface area (Å²) < 4.78 is 35.1. The number of nitrogens with zero attached hydrogens (tertiary/aromatic N) is 3. The van der Waals surface area contributed by atoms with Gasteiger partial charge in [0.1, 0.15) is 12.1 Å². The lowest BCUT2D eigenvalue weighted by atomic mass is 9.86. The van der Waals surface area contributed by atoms with Gasteiger partial charge in [0, 0.05) is 0 Å². The fraction of sp³-hybridized carbons (Fsp3) is 0.778. The van der Waals surface area contributed by atoms with Crippen LogP contribution >= 0.6 is 0 Å². The molecule has 3 aliphatic heterocycles. The number of aliphatic imine (C=N–C) groups is 2. The molecule has 0 aliphatic carbocycles. The van der Waals surface area contributed by atoms with Crippen molar-refractivity contribution in [3.05, 3.63) is 0 Å². The second kappa shape index (κ2) is 4.65. The number of aliphatic hydroxyl groups is 3. The highest BCUT2D eigenvalue weighted by Gasteiger charge is 2.74. The van der Waals surface area contributed by atoms with Crippen LogP contribution in [0, 0.1) is 0 Å². The highest BCUT2D eigenvalue weighted by Crippen LogP contribution is 2.45. The molecule has 3 heterocycles. The van der Waals surface area contributed by atoms with Crippen LogP contribution in [0.4, 0.5) is 0 Å². The first kappa shape index (κ1) is 16.2. The van der Waals surface area contributed by atoms with Crippen LogP contribution in [0.15, 0.2) is 9.98 Å². The van der Waals surface area contributed by atoms with Crippen LogP contribution in [0.25, 0.3) is 0 Å². The average molecular weight is 352 g/mol. The number of aliphatic hydroxyl groups excluding tert-OH is 1. The standard InChI is InChI=1S/C9H16N6O7S/c10-6-13-5-3(2-16)12-7(11)15-1-4(22-23(19,20)21)9(17,18)8(5,15)14-6/h3-5,16-18H,1-2H2,(H2,11,12)(H3,10,13,14)(H,19,20,21)/t3-,4-,5-,8-/m0/s1. The largest absolute Gasteiger partial charge is 0.397 e. The van der Waals surface area contributed by atoms with Gasteiger partial charge >= 0.3 is 10.4 Å². The zero-order chi connectivity index (χ0) is 17.2. The fourth-order valence-electron chi connectivity index (χ4n) is 3.30. The molecule has 1 saturated heterocycles. The maximum absolute atomic E-state index is 11.0. The van der Waals surface area contributed by atoms with Crippen LogP contribution < -0.4 is 16.8 Å². The van der Waals surface area contributed by atoms with Crippen LogP contribution in [-0.2, 0) is 14.6 Å². The molecule has 0 aromatic heterocycles. The Morgan fingerprint density at radius 1 is 1.39 bits per heavy atom. The summed E-state index contributed by atoms with van der Waals surface area (Å²) in [6.45, 7) is -0.952. The lowest BCUT2D eigenvalue weighted by Crippen LogP contribution is -2.77. The zero-order valence-corrected chi connectivity index (χ0v) is 12.4. The summed E-state index contributed by atoms with van der Waals surface area (Å²) in [7, 11) is -4.98. The summed E-state index contributed by atoms with van der Waals surface area (Å²) in [5, 5.41) is 33.1. The Kier molecular flexibility index (Phi) is 3.27. The summed E-state index contributed by atoms with van der Waals surface area (Å²) in [4.78, 5) is 9.11. The third-order valence-electron chi connectivity index (χ3n) is 4.17. The minimum absolute atomic E-state index is 0.177. The van der Waals surface area contributed by atoms with Crippen molar-refractivity contribution in [3.63, 3.8) is 0 Å². The highest BCUT2D eigenvalue weighted by atomic mass is 32.3. The Balaban J connectivity index is 2.11. The van der Waals surface area contributed by atoms with E-state index < -0.39 is 53.2 Å². The number of hydrogen-bond acceptors (Lipinski definition) is 12. The topological polar surface area (TPSA) is 216 Å². The minimum atomic E-state index is -4.98. The zero-order valence-electron chi connectivity index (χ0n) is 11.6. The summed E-state index contributed by atoms with van der Waals surface area (Å²) in [5.41, 5.74) is 9.48. The predicted octanol–water partition coefficient (Wildman–Crippen LogP) is -5.16. The van der Waals surface area contributed by atoms with E-state index in [9.17, 15) is 23.7 Å². The van der Waals surface area contributed by atoms with Gasteiger partial charge in [-0.25, -0.2) is 14.2 Å². The number of nitrogens with one attached hydrogen (secondary N) is 1. The van der Waals surface area contributed by atoms with Gasteiger partial charge in [0.15, 0.2) is 23.7 Å². The van der Waals surface area contributed by atoms with Crippen molar-refractivity contribution in [3.8, 4) is 0 Å². The lowest BCUT2D eigenvalue weighted by Gasteiger charge is -2.48. The van der Waals surface area contributed by atoms with Gasteiger partial charge in [0.05, 0.1) is 13.2 Å². The minimum Gasteiger partial charge on any atom is -0.394 e. The molecule has 1 fully saturated rings. The molecule has 23 heavy (non-hydrogen) atoms. The number of nitrogens with two attached hydrogens (primary N) is 2. The monoisotopic (exact) mass is 352 g/mol. The molecular formula is C9H16N6O7S. The highest BCUT2D eigenvalue weighted by molar-refractivity contribution is 7.80. The maximum atomic E-state index is 11.0. The second-order valence-electron chi connectivity index (χ2n) is 5.44. The van der Waals surface area contributed by atoms with Crippen molar-refractivity contribution in [1.29, 1.82) is 0 Å². The van der Waals surface area contributed by atoms with E-state index >= 15 is 0 Å². The summed E-state index contributed by atoms with van der Waals surface area (Å²) in [5.74, 6) is -3.26. The van der Waals surface area contributed by atoms with Gasteiger partial charge in [-0.1, -0.05) is 0 Å². The van der Waals surface area contributed by atoms with E-state index in [1.165, 1.54) is 0 Å². The molecule has 0 amide bonds. The molecule has 13 nitrogen and oxygen atoms in total. The molecule has 0 bridgehead atoms. The molecule has 3 aliphatic rings. The fourth-order valence-corrected chi connectivity index (χ4v) is 3.79. The van der Waals surface area contributed by atoms with Crippen molar-refractivity contribution < 1.29 is 32.5 Å². The predicted molar refractivity (Wildman–Crippen MR) is 74.1 cm³/mol. The van der Waals surface area contributed by atoms with E-state index in [-0.39, 0.29) is 11.9 Å². The van der Waals surface area contributed by atoms with Gasteiger partial charge in [-0.05, 0) is 0 Å². The third kappa shape index (κ3) is 2.07. The van der Waals surface area contributed by atoms with Gasteiger partial charge in [0.25, 0.3) is 0 Å². The van der Waals surface area contributed by atoms with Crippen molar-refractivity contribution in [2.45, 2.75) is 29.6 Å². The van der Waals surface area contributed by atoms with Gasteiger partial charge < -0.3 is 37.0 Å². The summed E-state index contributed by atoms with van der Waals surface area (Å²) in [6.07, 6.45) is -1.81. The van der Waals surface area contributed by atoms with Crippen molar-refractivity contribution >= 4 is 22.3 Å². The molecule has 0 aromatic carbocycles. The Bertz CT molecular complexity index is 693. The lowest BCUT2D eigenvalue weighted by molar-refractivity contribution is -0.252. The second-order valence-corrected chi connectivity index (χ2v) is 6.49. The smallest absolute Gasteiger partial charge is 0.394 e. The molecule has 1 spiro atoms. The van der Waals surface area contributed by atoms with E-state index in [2.05, 4.69) is 19.5 Å². The molecule has 4 atom stereocenters. The van der Waals surface area contributed by atoms with Crippen LogP contribution in [-0.4, -0.2) is 87.9 Å². The van der Waals surface area contributed by atoms with Crippen LogP contribution in [0.1, 0.15) is 0 Å². The van der Waals surface area contributed by atoms with Crippen molar-refractivity contribution in [2.75, 3.05) is 13.2 Å². The van der Waals surface area contributed by atoms with E-state index in [1.807, 2.05) is 0 Å². The third-order valence-corrected chi connectivity index (χ3v) is 4.65. The SMILES string of the molecule is NC1=N[C@H]2[C@H](CO)N=C(N)N3C[C@H](OS(=O)(=O)O)C(O)(O)[C@]23N1. The molecule has 3 rings (SSSR count). The molecule has 0 saturated carbocycles. The van der Waals surface area contributed by atoms with Crippen molar-refractivity contribution in [1.82, 2.24) is 10.2 Å². The van der Waals surface area contributed by atoms with Crippen molar-refractivity contribution in [2.24, 2.45) is 21.5 Å². The molecular weight excluding hydrogens is 336 g/mol. The number of hydrogen-bond donors (Lipinski definition) is 7. The molecule has 0 radical (unpaired) electrons. The normalized spacial score (nSPS) is 38.4. The molecule has 9 N–H and O–H groups in total. The Labute approximate surface area is 130 Å². The summed E-state index contributed by atoms with van der Waals surface area (Å²) in [6, 6.07) is -2.02. The Hall–Kier alpha value is -1.71. The maximum Gasteiger partial charge on any atom is 0.397 e. The first-order valence-electron chi connectivity index (χ1n) is 6.46. The van der Waals surface area contributed by atoms with Crippen LogP contribution in [0.2, 0.25) is 0 Å². The Morgan fingerprint density at radius 3 is 2.61 bits per heavy atom. The van der Waals surface area contributed by atoms with E-state index in [0.717, 1.165) is 4.90 Å². The molecule has 0 aromatic rings. The van der Waals surface area contributed by atoms with Crippen LogP contribution in [0.3, 0.4) is 0 Å². The summed E-state index contributed by atoms with van der Waals surface area (Å²) >= 11 is 0. The van der Waals surface area contributed by atoms with Crippen LogP contribution in [0.5, 0.6) is 0 Å². The first-order valence-corrected chi connectivity index (χ1v) is 7.83. The quantitative estimate of drug-likeness (QED) is 0.188. The van der Waals surface area contributed by atoms with Gasteiger partial charge in [0.2, 0.25) is 5.79 Å². The average Bonchev–Trinajstić information content (AvgIpc) is 2.86. The van der Waals surface area contributed by atoms with E-state index in [1.54, 1.807) is 0 Å². The number of guanidine groups is 2. The molecule has 130 valence electrons. The number of rotatable bonds is 3. The van der Waals surface area contributed by atoms with Gasteiger partial charge in [-0.15, -0.1) is 0 Å². The van der Waals surface area contributed by atoms with E-state index in [0.29, 0.717) is 0 Å². The Morgan fingerprint density at radius 2 is 2.04 bits per heavy atom. The van der Waals surface area contributed by atoms with E-state index in [4.69, 9.17) is 16.0 Å². The van der Waals surface area contributed by atoms with Gasteiger partial charge in [-0.2, -0.15) is 8.42 Å². The molecule has 14 heteroatoms. The molecule has 0 unspecified atom stereocenters. The van der Waals surface area contributed by atoms with Gasteiger partial charge in [-0.3, -0.25) is 4.55 Å². The first-order chi connectivity index (χ1) is 10.5.